The number of ether oxygens (including phenoxy) is 3. The molecule has 14 heteroatoms. The number of carbonyl (C=O) groups excluding carboxylic acids is 3. The number of nitrogens with one attached hydrogen (secondary N) is 1. The van der Waals surface area contributed by atoms with E-state index in [4.69, 9.17) is 25.8 Å². The fourth-order valence-electron chi connectivity index (χ4n) is 3.08. The van der Waals surface area contributed by atoms with Gasteiger partial charge < -0.3 is 19.5 Å². The van der Waals surface area contributed by atoms with Crippen molar-refractivity contribution in [1.82, 2.24) is 9.78 Å². The Hall–Kier alpha value is -3.97. The smallest absolute Gasteiger partial charge is 0.348 e. The van der Waals surface area contributed by atoms with Gasteiger partial charge in [-0.05, 0) is 38.0 Å². The van der Waals surface area contributed by atoms with E-state index in [9.17, 15) is 24.5 Å². The third kappa shape index (κ3) is 6.62. The lowest BCUT2D eigenvalue weighted by atomic mass is 10.1. The first-order valence-electron chi connectivity index (χ1n) is 11.0. The van der Waals surface area contributed by atoms with Crippen LogP contribution in [0.3, 0.4) is 0 Å². The van der Waals surface area contributed by atoms with Gasteiger partial charge in [0.25, 0.3) is 11.6 Å². The number of hydrogen-bond acceptors (Lipinski definition) is 10. The largest absolute Gasteiger partial charge is 0.470 e. The Labute approximate surface area is 220 Å². The molecule has 0 aliphatic rings. The highest BCUT2D eigenvalue weighted by Gasteiger charge is 2.28. The summed E-state index contributed by atoms with van der Waals surface area (Å²) in [6, 6.07) is 5.20. The minimum absolute atomic E-state index is 0.00927. The van der Waals surface area contributed by atoms with Crippen molar-refractivity contribution >= 4 is 51.5 Å². The molecule has 196 valence electrons. The molecular formula is C23H23ClN4O8S. The van der Waals surface area contributed by atoms with E-state index in [0.717, 1.165) is 17.4 Å². The van der Waals surface area contributed by atoms with Gasteiger partial charge in [-0.1, -0.05) is 18.5 Å². The highest BCUT2D eigenvalue weighted by Crippen LogP contribution is 2.35. The minimum atomic E-state index is -0.666. The number of rotatable bonds is 11. The van der Waals surface area contributed by atoms with Gasteiger partial charge in [0.15, 0.2) is 12.4 Å². The molecule has 37 heavy (non-hydrogen) atoms. The lowest BCUT2D eigenvalue weighted by Crippen LogP contribution is -2.16. The molecule has 0 fully saturated rings. The molecule has 0 aliphatic heterocycles. The molecule has 1 aromatic carbocycles. The number of thiophene rings is 1. The second-order valence-electron chi connectivity index (χ2n) is 7.46. The second kappa shape index (κ2) is 12.3. The van der Waals surface area contributed by atoms with Gasteiger partial charge in [-0.2, -0.15) is 5.10 Å². The Balaban J connectivity index is 1.76. The van der Waals surface area contributed by atoms with Gasteiger partial charge in [-0.3, -0.25) is 14.9 Å². The average molecular weight is 551 g/mol. The van der Waals surface area contributed by atoms with Crippen molar-refractivity contribution < 1.29 is 33.5 Å². The number of hydrogen-bond donors (Lipinski definition) is 1. The minimum Gasteiger partial charge on any atom is -0.470 e. The Morgan fingerprint density at radius 2 is 1.95 bits per heavy atom. The molecule has 0 bridgehead atoms. The molecule has 3 aromatic rings. The van der Waals surface area contributed by atoms with Crippen molar-refractivity contribution in [2.24, 2.45) is 0 Å². The first-order chi connectivity index (χ1) is 17.7. The number of nitro benzene ring substituents is 1. The number of anilines is 1. The van der Waals surface area contributed by atoms with Gasteiger partial charge in [-0.15, -0.1) is 11.3 Å². The van der Waals surface area contributed by atoms with Crippen molar-refractivity contribution in [2.75, 3.05) is 18.5 Å². The quantitative estimate of drug-likeness (QED) is 0.200. The number of benzene rings is 1. The molecule has 0 spiro atoms. The lowest BCUT2D eigenvalue weighted by Gasteiger charge is -2.08. The van der Waals surface area contributed by atoms with E-state index in [1.165, 1.54) is 29.1 Å². The SMILES string of the molecule is CCCOC(=O)c1c(NC(=O)c2ccn(COc3ccc([N+](=O)[O-])cc3Cl)n2)sc(C(=O)OCC)c1C. The van der Waals surface area contributed by atoms with E-state index in [-0.39, 0.29) is 57.5 Å². The number of aromatic nitrogens is 2. The molecule has 0 atom stereocenters. The normalized spacial score (nSPS) is 10.6. The highest BCUT2D eigenvalue weighted by molar-refractivity contribution is 7.18. The zero-order chi connectivity index (χ0) is 27.1. The van der Waals surface area contributed by atoms with Gasteiger partial charge in [0.2, 0.25) is 0 Å². The van der Waals surface area contributed by atoms with Crippen LogP contribution in [-0.4, -0.2) is 45.8 Å². The number of nitrogens with zero attached hydrogens (tertiary/aromatic N) is 3. The van der Waals surface area contributed by atoms with Gasteiger partial charge in [-0.25, -0.2) is 14.3 Å². The van der Waals surface area contributed by atoms with Crippen LogP contribution in [0.1, 0.15) is 56.3 Å². The van der Waals surface area contributed by atoms with Crippen LogP contribution in [0.15, 0.2) is 30.5 Å². The number of amides is 1. The van der Waals surface area contributed by atoms with Crippen molar-refractivity contribution in [1.29, 1.82) is 0 Å². The summed E-state index contributed by atoms with van der Waals surface area (Å²) in [6.07, 6.45) is 2.08. The number of esters is 2. The maximum absolute atomic E-state index is 12.9. The maximum atomic E-state index is 12.9. The summed E-state index contributed by atoms with van der Waals surface area (Å²) >= 11 is 6.93. The molecule has 0 saturated carbocycles. The summed E-state index contributed by atoms with van der Waals surface area (Å²) in [7, 11) is 0. The molecule has 0 unspecified atom stereocenters. The Morgan fingerprint density at radius 1 is 1.19 bits per heavy atom. The van der Waals surface area contributed by atoms with Crippen molar-refractivity contribution in [2.45, 2.75) is 33.9 Å². The summed E-state index contributed by atoms with van der Waals surface area (Å²) in [6.45, 7) is 5.28. The van der Waals surface area contributed by atoms with Crippen molar-refractivity contribution in [3.63, 3.8) is 0 Å². The number of nitro groups is 1. The van der Waals surface area contributed by atoms with Crippen molar-refractivity contribution in [3.05, 3.63) is 67.3 Å². The molecule has 0 saturated heterocycles. The standard InChI is InChI=1S/C23H23ClN4O8S/c1-4-10-35-22(30)18-13(3)19(23(31)34-5-2)37-21(18)25-20(29)16-8-9-27(26-16)12-36-17-7-6-14(28(32)33)11-15(17)24/h6-9,11H,4-5,10,12H2,1-3H3,(H,25,29). The molecule has 12 nitrogen and oxygen atoms in total. The zero-order valence-corrected chi connectivity index (χ0v) is 21.7. The molecule has 2 aromatic heterocycles. The summed E-state index contributed by atoms with van der Waals surface area (Å²) in [4.78, 5) is 48.3. The van der Waals surface area contributed by atoms with Crippen LogP contribution in [0, 0.1) is 17.0 Å². The van der Waals surface area contributed by atoms with Crippen LogP contribution < -0.4 is 10.1 Å². The van der Waals surface area contributed by atoms with Gasteiger partial charge in [0.05, 0.1) is 28.7 Å². The van der Waals surface area contributed by atoms with E-state index in [1.54, 1.807) is 13.8 Å². The molecule has 0 aliphatic carbocycles. The van der Waals surface area contributed by atoms with Gasteiger partial charge in [0.1, 0.15) is 15.6 Å². The van der Waals surface area contributed by atoms with Crippen LogP contribution in [0.25, 0.3) is 0 Å². The molecule has 1 amide bonds. The summed E-state index contributed by atoms with van der Waals surface area (Å²) in [5, 5.41) is 17.8. The molecule has 2 heterocycles. The fraction of sp³-hybridized carbons (Fsp3) is 0.304. The average Bonchev–Trinajstić information content (AvgIpc) is 3.46. The highest BCUT2D eigenvalue weighted by atomic mass is 35.5. The van der Waals surface area contributed by atoms with Crippen molar-refractivity contribution in [3.8, 4) is 5.75 Å². The first kappa shape index (κ1) is 27.6. The Bertz CT molecular complexity index is 1340. The maximum Gasteiger partial charge on any atom is 0.348 e. The zero-order valence-electron chi connectivity index (χ0n) is 20.1. The fourth-order valence-corrected chi connectivity index (χ4v) is 4.40. The van der Waals surface area contributed by atoms with E-state index in [1.807, 2.05) is 6.92 Å². The summed E-state index contributed by atoms with van der Waals surface area (Å²) in [5.41, 5.74) is 0.252. The van der Waals surface area contributed by atoms with E-state index in [2.05, 4.69) is 10.4 Å². The van der Waals surface area contributed by atoms with E-state index in [0.29, 0.717) is 12.0 Å². The monoisotopic (exact) mass is 550 g/mol. The van der Waals surface area contributed by atoms with E-state index >= 15 is 0 Å². The third-order valence-electron chi connectivity index (χ3n) is 4.83. The van der Waals surface area contributed by atoms with Gasteiger partial charge in [0, 0.05) is 18.3 Å². The van der Waals surface area contributed by atoms with Crippen LogP contribution in [0.5, 0.6) is 5.75 Å². The molecule has 0 radical (unpaired) electrons. The molecule has 1 N–H and O–H groups in total. The van der Waals surface area contributed by atoms with Gasteiger partial charge >= 0.3 is 11.9 Å². The predicted octanol–water partition coefficient (Wildman–Crippen LogP) is 4.85. The lowest BCUT2D eigenvalue weighted by molar-refractivity contribution is -0.384. The molecular weight excluding hydrogens is 528 g/mol. The van der Waals surface area contributed by atoms with Crippen LogP contribution in [0.4, 0.5) is 10.7 Å². The second-order valence-corrected chi connectivity index (χ2v) is 8.88. The predicted molar refractivity (Wildman–Crippen MR) is 135 cm³/mol. The third-order valence-corrected chi connectivity index (χ3v) is 6.31. The Kier molecular flexibility index (Phi) is 9.20. The number of carbonyl (C=O) groups is 3. The number of non-ortho nitro benzene ring substituents is 1. The van der Waals surface area contributed by atoms with E-state index < -0.39 is 22.8 Å². The summed E-state index contributed by atoms with van der Waals surface area (Å²) in [5.74, 6) is -1.71. The summed E-state index contributed by atoms with van der Waals surface area (Å²) < 4.78 is 17.1. The number of halogens is 1. The first-order valence-corrected chi connectivity index (χ1v) is 12.2. The van der Waals surface area contributed by atoms with Crippen LogP contribution in [-0.2, 0) is 16.2 Å². The van der Waals surface area contributed by atoms with Crippen LogP contribution in [0.2, 0.25) is 5.02 Å². The Morgan fingerprint density at radius 3 is 2.59 bits per heavy atom. The topological polar surface area (TPSA) is 152 Å². The van der Waals surface area contributed by atoms with Crippen LogP contribution >= 0.6 is 22.9 Å². The molecule has 3 rings (SSSR count).